The largest absolute Gasteiger partial charge is 0.439 e. The number of aryl methyl sites for hydroxylation is 1. The van der Waals surface area contributed by atoms with Crippen molar-refractivity contribution in [2.24, 2.45) is 0 Å². The Balaban J connectivity index is 1.43. The van der Waals surface area contributed by atoms with E-state index in [0.717, 1.165) is 18.2 Å². The molecule has 3 aromatic rings. The first-order valence-corrected chi connectivity index (χ1v) is 11.7. The van der Waals surface area contributed by atoms with Crippen LogP contribution in [0.4, 0.5) is 14.6 Å². The van der Waals surface area contributed by atoms with Gasteiger partial charge in [-0.05, 0) is 37.3 Å². The predicted octanol–water partition coefficient (Wildman–Crippen LogP) is 3.51. The first-order chi connectivity index (χ1) is 15.3. The maximum Gasteiger partial charge on any atom is 0.224 e. The van der Waals surface area contributed by atoms with Crippen LogP contribution in [0.2, 0.25) is 0 Å². The molecule has 7 nitrogen and oxygen atoms in total. The summed E-state index contributed by atoms with van der Waals surface area (Å²) in [6, 6.07) is 13.8. The van der Waals surface area contributed by atoms with Crippen LogP contribution < -0.4 is 9.64 Å². The number of halogens is 2. The highest BCUT2D eigenvalue weighted by Gasteiger charge is 2.29. The maximum absolute atomic E-state index is 13.9. The molecular formula is C22H22F2N4O3S. The molecule has 1 saturated heterocycles. The molecule has 0 radical (unpaired) electrons. The standard InChI is InChI=1S/C22H22F2N4O3S/c1-16-25-21(14-22(26-16)31-19-5-3-2-4-6-19)27-9-11-28(12-10-27)32(29,30)15-17-13-18(23)7-8-20(17)24/h2-8,13-14H,9-12,15H2,1H3. The Morgan fingerprint density at radius 1 is 0.969 bits per heavy atom. The first-order valence-electron chi connectivity index (χ1n) is 10.1. The topological polar surface area (TPSA) is 75.6 Å². The number of piperazine rings is 1. The van der Waals surface area contributed by atoms with Crippen LogP contribution in [0.1, 0.15) is 11.4 Å². The lowest BCUT2D eigenvalue weighted by molar-refractivity contribution is 0.382. The molecule has 1 aliphatic rings. The van der Waals surface area contributed by atoms with Crippen LogP contribution in [0.25, 0.3) is 0 Å². The fraction of sp³-hybridized carbons (Fsp3) is 0.273. The average Bonchev–Trinajstić information content (AvgIpc) is 2.76. The zero-order valence-electron chi connectivity index (χ0n) is 17.4. The fourth-order valence-electron chi connectivity index (χ4n) is 3.49. The molecule has 0 N–H and O–H groups in total. The van der Waals surface area contributed by atoms with Gasteiger partial charge in [-0.25, -0.2) is 22.2 Å². The van der Waals surface area contributed by atoms with Gasteiger partial charge in [0.2, 0.25) is 15.9 Å². The number of ether oxygens (including phenoxy) is 1. The third kappa shape index (κ3) is 5.20. The number of sulfonamides is 1. The van der Waals surface area contributed by atoms with Gasteiger partial charge in [-0.2, -0.15) is 9.29 Å². The molecule has 0 bridgehead atoms. The van der Waals surface area contributed by atoms with Crippen molar-refractivity contribution < 1.29 is 21.9 Å². The second kappa shape index (κ2) is 9.17. The Bertz CT molecular complexity index is 1200. The summed E-state index contributed by atoms with van der Waals surface area (Å²) in [6.45, 7) is 2.96. The predicted molar refractivity (Wildman–Crippen MR) is 116 cm³/mol. The zero-order valence-corrected chi connectivity index (χ0v) is 18.2. The summed E-state index contributed by atoms with van der Waals surface area (Å²) < 4.78 is 59.9. The van der Waals surface area contributed by atoms with Gasteiger partial charge in [-0.1, -0.05) is 18.2 Å². The molecule has 0 aliphatic carbocycles. The molecule has 0 spiro atoms. The summed E-state index contributed by atoms with van der Waals surface area (Å²) in [5, 5.41) is 0. The van der Waals surface area contributed by atoms with E-state index >= 15 is 0 Å². The van der Waals surface area contributed by atoms with Crippen LogP contribution in [0.15, 0.2) is 54.6 Å². The van der Waals surface area contributed by atoms with Gasteiger partial charge in [0.25, 0.3) is 0 Å². The minimum absolute atomic E-state index is 0.179. The van der Waals surface area contributed by atoms with Crippen molar-refractivity contribution in [2.45, 2.75) is 12.7 Å². The van der Waals surface area contributed by atoms with Gasteiger partial charge >= 0.3 is 0 Å². The van der Waals surface area contributed by atoms with Crippen LogP contribution >= 0.6 is 0 Å². The molecule has 1 fully saturated rings. The van der Waals surface area contributed by atoms with Crippen molar-refractivity contribution >= 4 is 15.8 Å². The number of hydrogen-bond acceptors (Lipinski definition) is 6. The van der Waals surface area contributed by atoms with Crippen LogP contribution in [-0.2, 0) is 15.8 Å². The van der Waals surface area contributed by atoms with E-state index in [1.54, 1.807) is 13.0 Å². The lowest BCUT2D eigenvalue weighted by Gasteiger charge is -2.34. The van der Waals surface area contributed by atoms with E-state index in [1.165, 1.54) is 4.31 Å². The fourth-order valence-corrected chi connectivity index (χ4v) is 5.00. The van der Waals surface area contributed by atoms with E-state index in [1.807, 2.05) is 35.2 Å². The number of benzene rings is 2. The average molecular weight is 461 g/mol. The quantitative estimate of drug-likeness (QED) is 0.561. The smallest absolute Gasteiger partial charge is 0.224 e. The van der Waals surface area contributed by atoms with E-state index in [-0.39, 0.29) is 18.7 Å². The van der Waals surface area contributed by atoms with Gasteiger partial charge in [0.05, 0.1) is 5.75 Å². The number of para-hydroxylation sites is 1. The lowest BCUT2D eigenvalue weighted by Crippen LogP contribution is -2.49. The van der Waals surface area contributed by atoms with Gasteiger partial charge in [0, 0.05) is 37.8 Å². The Kier molecular flexibility index (Phi) is 6.33. The highest BCUT2D eigenvalue weighted by Crippen LogP contribution is 2.25. The summed E-state index contributed by atoms with van der Waals surface area (Å²) in [4.78, 5) is 10.7. The molecule has 0 saturated carbocycles. The van der Waals surface area contributed by atoms with Gasteiger partial charge < -0.3 is 9.64 Å². The van der Waals surface area contributed by atoms with Crippen LogP contribution in [0.3, 0.4) is 0 Å². The molecule has 4 rings (SSSR count). The van der Waals surface area contributed by atoms with E-state index in [4.69, 9.17) is 4.74 Å². The lowest BCUT2D eigenvalue weighted by atomic mass is 10.2. The normalized spacial score (nSPS) is 15.0. The number of anilines is 1. The van der Waals surface area contributed by atoms with Crippen LogP contribution in [-0.4, -0.2) is 48.9 Å². The molecular weight excluding hydrogens is 438 g/mol. The summed E-state index contributed by atoms with van der Waals surface area (Å²) in [5.74, 6) is 0.220. The van der Waals surface area contributed by atoms with E-state index in [0.29, 0.717) is 36.4 Å². The second-order valence-corrected chi connectivity index (χ2v) is 9.37. The molecule has 10 heteroatoms. The number of hydrogen-bond donors (Lipinski definition) is 0. The third-order valence-corrected chi connectivity index (χ3v) is 6.90. The SMILES string of the molecule is Cc1nc(Oc2ccccc2)cc(N2CCN(S(=O)(=O)Cc3cc(F)ccc3F)CC2)n1. The summed E-state index contributed by atoms with van der Waals surface area (Å²) in [6.07, 6.45) is 0. The van der Waals surface area contributed by atoms with Gasteiger partial charge in [-0.15, -0.1) is 0 Å². The van der Waals surface area contributed by atoms with Crippen LogP contribution in [0.5, 0.6) is 11.6 Å². The first kappa shape index (κ1) is 22.1. The highest BCUT2D eigenvalue weighted by atomic mass is 32.2. The summed E-state index contributed by atoms with van der Waals surface area (Å²) in [5.41, 5.74) is -0.179. The van der Waals surface area contributed by atoms with Crippen molar-refractivity contribution in [3.63, 3.8) is 0 Å². The highest BCUT2D eigenvalue weighted by molar-refractivity contribution is 7.88. The molecule has 168 valence electrons. The monoisotopic (exact) mass is 460 g/mol. The van der Waals surface area contributed by atoms with Crippen molar-refractivity contribution in [1.29, 1.82) is 0 Å². The minimum atomic E-state index is -3.80. The number of nitrogens with zero attached hydrogens (tertiary/aromatic N) is 4. The Hall–Kier alpha value is -3.11. The Labute approximate surface area is 185 Å². The molecule has 0 amide bonds. The Morgan fingerprint density at radius 3 is 2.41 bits per heavy atom. The number of aromatic nitrogens is 2. The van der Waals surface area contributed by atoms with E-state index < -0.39 is 27.4 Å². The third-order valence-electron chi connectivity index (χ3n) is 5.07. The van der Waals surface area contributed by atoms with Gasteiger partial charge in [0.15, 0.2) is 0 Å². The van der Waals surface area contributed by atoms with Crippen molar-refractivity contribution in [3.8, 4) is 11.6 Å². The molecule has 32 heavy (non-hydrogen) atoms. The van der Waals surface area contributed by atoms with E-state index in [2.05, 4.69) is 9.97 Å². The second-order valence-electron chi connectivity index (χ2n) is 7.40. The molecule has 2 aromatic carbocycles. The van der Waals surface area contributed by atoms with Crippen molar-refractivity contribution in [1.82, 2.24) is 14.3 Å². The molecule has 2 heterocycles. The number of rotatable bonds is 6. The molecule has 1 aliphatic heterocycles. The molecule has 0 atom stereocenters. The molecule has 1 aromatic heterocycles. The van der Waals surface area contributed by atoms with Crippen molar-refractivity contribution in [2.75, 3.05) is 31.1 Å². The van der Waals surface area contributed by atoms with Crippen LogP contribution in [0, 0.1) is 18.6 Å². The van der Waals surface area contributed by atoms with Crippen molar-refractivity contribution in [3.05, 3.63) is 77.6 Å². The Morgan fingerprint density at radius 2 is 1.69 bits per heavy atom. The van der Waals surface area contributed by atoms with E-state index in [9.17, 15) is 17.2 Å². The zero-order chi connectivity index (χ0) is 22.7. The van der Waals surface area contributed by atoms with Gasteiger partial charge in [-0.3, -0.25) is 0 Å². The minimum Gasteiger partial charge on any atom is -0.439 e. The van der Waals surface area contributed by atoms with Gasteiger partial charge in [0.1, 0.15) is 29.0 Å². The summed E-state index contributed by atoms with van der Waals surface area (Å²) >= 11 is 0. The maximum atomic E-state index is 13.9. The summed E-state index contributed by atoms with van der Waals surface area (Å²) in [7, 11) is -3.80. The molecule has 0 unspecified atom stereocenters.